The molecule has 12 nitrogen and oxygen atoms in total. The number of benzene rings is 2. The summed E-state index contributed by atoms with van der Waals surface area (Å²) in [6.07, 6.45) is -0.460. The predicted molar refractivity (Wildman–Crippen MR) is 145 cm³/mol. The topological polar surface area (TPSA) is 208 Å². The first-order valence-electron chi connectivity index (χ1n) is 12.8. The van der Waals surface area contributed by atoms with E-state index in [0.29, 0.717) is 11.1 Å². The van der Waals surface area contributed by atoms with E-state index in [1.807, 2.05) is 0 Å². The van der Waals surface area contributed by atoms with E-state index in [2.05, 4.69) is 16.0 Å². The molecule has 2 aromatic rings. The van der Waals surface area contributed by atoms with Crippen molar-refractivity contribution >= 4 is 29.7 Å². The van der Waals surface area contributed by atoms with Crippen molar-refractivity contribution in [1.29, 1.82) is 0 Å². The van der Waals surface area contributed by atoms with Crippen LogP contribution in [-0.2, 0) is 36.8 Å². The number of carbonyl (C=O) groups excluding carboxylic acids is 3. The molecule has 0 aliphatic heterocycles. The van der Waals surface area contributed by atoms with Crippen molar-refractivity contribution in [3.63, 3.8) is 0 Å². The van der Waals surface area contributed by atoms with E-state index in [4.69, 9.17) is 10.8 Å². The number of aliphatic carboxylic acids is 2. The van der Waals surface area contributed by atoms with Gasteiger partial charge in [0, 0.05) is 19.3 Å². The maximum atomic E-state index is 13.3. The standard InChI is InChI=1S/C28H36N4O8/c1-16(2)24(32-25(36)20(29)12-13-23(34)35)27(38)30-21(14-17-6-4-3-5-7-17)26(37)31-22(28(39)40)15-18-8-10-19(33)11-9-18/h3-11,16,20-22,24,33H,12-15,29H2,1-2H3,(H,30,38)(H,31,37)(H,32,36)(H,34,35)(H,39,40). The molecule has 0 aliphatic rings. The molecule has 8 N–H and O–H groups in total. The molecule has 0 aliphatic carbocycles. The van der Waals surface area contributed by atoms with Gasteiger partial charge in [-0.15, -0.1) is 0 Å². The second-order valence-electron chi connectivity index (χ2n) is 9.79. The number of hydrogen-bond donors (Lipinski definition) is 7. The van der Waals surface area contributed by atoms with Crippen LogP contribution < -0.4 is 21.7 Å². The maximum Gasteiger partial charge on any atom is 0.326 e. The summed E-state index contributed by atoms with van der Waals surface area (Å²) in [6.45, 7) is 3.36. The number of phenols is 1. The number of rotatable bonds is 15. The highest BCUT2D eigenvalue weighted by molar-refractivity contribution is 5.94. The number of hydrogen-bond acceptors (Lipinski definition) is 7. The fourth-order valence-electron chi connectivity index (χ4n) is 3.87. The van der Waals surface area contributed by atoms with Crippen molar-refractivity contribution in [2.24, 2.45) is 11.7 Å². The number of carboxylic acids is 2. The summed E-state index contributed by atoms with van der Waals surface area (Å²) < 4.78 is 0. The zero-order chi connectivity index (χ0) is 29.8. The predicted octanol–water partition coefficient (Wildman–Crippen LogP) is 0.565. The largest absolute Gasteiger partial charge is 0.508 e. The van der Waals surface area contributed by atoms with Crippen molar-refractivity contribution in [3.05, 3.63) is 65.7 Å². The molecule has 216 valence electrons. The maximum absolute atomic E-state index is 13.3. The monoisotopic (exact) mass is 556 g/mol. The van der Waals surface area contributed by atoms with E-state index in [1.165, 1.54) is 24.3 Å². The first-order valence-corrected chi connectivity index (χ1v) is 12.8. The molecular weight excluding hydrogens is 520 g/mol. The Bertz CT molecular complexity index is 1170. The lowest BCUT2D eigenvalue weighted by Gasteiger charge is -2.27. The Morgan fingerprint density at radius 1 is 0.750 bits per heavy atom. The zero-order valence-corrected chi connectivity index (χ0v) is 22.4. The Morgan fingerprint density at radius 3 is 1.85 bits per heavy atom. The van der Waals surface area contributed by atoms with E-state index in [-0.39, 0.29) is 31.4 Å². The minimum Gasteiger partial charge on any atom is -0.508 e. The first kappa shape index (κ1) is 31.8. The van der Waals surface area contributed by atoms with Crippen LogP contribution in [0, 0.1) is 5.92 Å². The van der Waals surface area contributed by atoms with Gasteiger partial charge in [0.05, 0.1) is 6.04 Å². The van der Waals surface area contributed by atoms with E-state index < -0.39 is 59.7 Å². The Balaban J connectivity index is 2.21. The number of nitrogens with two attached hydrogens (primary N) is 1. The molecule has 0 fully saturated rings. The van der Waals surface area contributed by atoms with Crippen molar-refractivity contribution in [3.8, 4) is 5.75 Å². The molecule has 0 aromatic heterocycles. The average Bonchev–Trinajstić information content (AvgIpc) is 2.90. The number of nitrogens with one attached hydrogen (secondary N) is 3. The summed E-state index contributed by atoms with van der Waals surface area (Å²) >= 11 is 0. The van der Waals surface area contributed by atoms with Gasteiger partial charge in [0.25, 0.3) is 0 Å². The van der Waals surface area contributed by atoms with Crippen LogP contribution in [0.15, 0.2) is 54.6 Å². The molecule has 4 atom stereocenters. The number of phenolic OH excluding ortho intramolecular Hbond substituents is 1. The molecule has 40 heavy (non-hydrogen) atoms. The van der Waals surface area contributed by atoms with Gasteiger partial charge in [-0.3, -0.25) is 19.2 Å². The number of aromatic hydroxyl groups is 1. The van der Waals surface area contributed by atoms with E-state index in [0.717, 1.165) is 0 Å². The highest BCUT2D eigenvalue weighted by Crippen LogP contribution is 2.12. The summed E-state index contributed by atoms with van der Waals surface area (Å²) in [7, 11) is 0. The van der Waals surface area contributed by atoms with Gasteiger partial charge < -0.3 is 37.0 Å². The van der Waals surface area contributed by atoms with Gasteiger partial charge in [0.1, 0.15) is 23.9 Å². The number of carbonyl (C=O) groups is 5. The SMILES string of the molecule is CC(C)C(NC(=O)C(N)CCC(=O)O)C(=O)NC(Cc1ccccc1)C(=O)NC(Cc1ccc(O)cc1)C(=O)O. The Morgan fingerprint density at radius 2 is 1.30 bits per heavy atom. The smallest absolute Gasteiger partial charge is 0.326 e. The molecule has 0 saturated carbocycles. The lowest BCUT2D eigenvalue weighted by Crippen LogP contribution is -2.59. The molecule has 0 heterocycles. The van der Waals surface area contributed by atoms with Crippen molar-refractivity contribution < 1.29 is 39.3 Å². The minimum atomic E-state index is -1.32. The van der Waals surface area contributed by atoms with Gasteiger partial charge in [-0.2, -0.15) is 0 Å². The Labute approximate surface area is 232 Å². The fourth-order valence-corrected chi connectivity index (χ4v) is 3.87. The van der Waals surface area contributed by atoms with Crippen LogP contribution in [0.2, 0.25) is 0 Å². The summed E-state index contributed by atoms with van der Waals surface area (Å²) in [5.41, 5.74) is 7.05. The zero-order valence-electron chi connectivity index (χ0n) is 22.4. The molecule has 2 rings (SSSR count). The van der Waals surface area contributed by atoms with Crippen LogP contribution in [0.5, 0.6) is 5.75 Å². The van der Waals surface area contributed by atoms with Gasteiger partial charge >= 0.3 is 11.9 Å². The Kier molecular flexibility index (Phi) is 12.1. The van der Waals surface area contributed by atoms with Crippen LogP contribution in [0.4, 0.5) is 0 Å². The lowest BCUT2D eigenvalue weighted by molar-refractivity contribution is -0.142. The van der Waals surface area contributed by atoms with Crippen molar-refractivity contribution in [2.75, 3.05) is 0 Å². The lowest BCUT2D eigenvalue weighted by atomic mass is 9.99. The quantitative estimate of drug-likeness (QED) is 0.163. The second kappa shape index (κ2) is 15.2. The van der Waals surface area contributed by atoms with Crippen LogP contribution in [-0.4, -0.2) is 69.1 Å². The van der Waals surface area contributed by atoms with Crippen LogP contribution in [0.25, 0.3) is 0 Å². The van der Waals surface area contributed by atoms with Gasteiger partial charge in [-0.05, 0) is 35.6 Å². The molecule has 3 amide bonds. The molecule has 12 heteroatoms. The average molecular weight is 557 g/mol. The highest BCUT2D eigenvalue weighted by atomic mass is 16.4. The van der Waals surface area contributed by atoms with E-state index in [9.17, 15) is 34.2 Å². The van der Waals surface area contributed by atoms with Crippen LogP contribution in [0.1, 0.15) is 37.8 Å². The Hall–Kier alpha value is -4.45. The highest BCUT2D eigenvalue weighted by Gasteiger charge is 2.32. The third-order valence-electron chi connectivity index (χ3n) is 6.16. The second-order valence-corrected chi connectivity index (χ2v) is 9.79. The minimum absolute atomic E-state index is 0.0138. The van der Waals surface area contributed by atoms with Gasteiger partial charge in [0.2, 0.25) is 17.7 Å². The molecule has 0 saturated heterocycles. The normalized spacial score (nSPS) is 13.9. The van der Waals surface area contributed by atoms with Crippen LogP contribution in [0.3, 0.4) is 0 Å². The summed E-state index contributed by atoms with van der Waals surface area (Å²) in [6, 6.07) is 9.94. The summed E-state index contributed by atoms with van der Waals surface area (Å²) in [5, 5.41) is 35.7. The molecule has 0 bridgehead atoms. The first-order chi connectivity index (χ1) is 18.9. The fraction of sp³-hybridized carbons (Fsp3) is 0.393. The summed E-state index contributed by atoms with van der Waals surface area (Å²) in [5.74, 6) is -4.93. The number of carboxylic acid groups (broad SMARTS) is 2. The van der Waals surface area contributed by atoms with Gasteiger partial charge in [-0.1, -0.05) is 56.3 Å². The molecule has 2 aromatic carbocycles. The third-order valence-corrected chi connectivity index (χ3v) is 6.16. The van der Waals surface area contributed by atoms with Crippen molar-refractivity contribution in [2.45, 2.75) is 63.7 Å². The van der Waals surface area contributed by atoms with E-state index in [1.54, 1.807) is 44.2 Å². The molecule has 4 unspecified atom stereocenters. The molecular formula is C28H36N4O8. The third kappa shape index (κ3) is 10.4. The molecule has 0 radical (unpaired) electrons. The van der Waals surface area contributed by atoms with Gasteiger partial charge in [0.15, 0.2) is 0 Å². The van der Waals surface area contributed by atoms with Gasteiger partial charge in [-0.25, -0.2) is 4.79 Å². The number of amides is 3. The molecule has 0 spiro atoms. The van der Waals surface area contributed by atoms with Crippen LogP contribution >= 0.6 is 0 Å². The van der Waals surface area contributed by atoms with Crippen molar-refractivity contribution in [1.82, 2.24) is 16.0 Å². The summed E-state index contributed by atoms with van der Waals surface area (Å²) in [4.78, 5) is 61.9. The van der Waals surface area contributed by atoms with E-state index >= 15 is 0 Å².